The van der Waals surface area contributed by atoms with Gasteiger partial charge in [0, 0.05) is 29.6 Å². The Labute approximate surface area is 152 Å². The van der Waals surface area contributed by atoms with Gasteiger partial charge in [-0.2, -0.15) is 0 Å². The highest BCUT2D eigenvalue weighted by Crippen LogP contribution is 2.52. The van der Waals surface area contributed by atoms with Crippen molar-refractivity contribution < 1.29 is 0 Å². The molecule has 3 heterocycles. The lowest BCUT2D eigenvalue weighted by molar-refractivity contribution is 0.490. The van der Waals surface area contributed by atoms with Crippen LogP contribution < -0.4 is 5.73 Å². The number of anilines is 1. The fourth-order valence-corrected chi connectivity index (χ4v) is 4.49. The van der Waals surface area contributed by atoms with Crippen LogP contribution in [-0.2, 0) is 5.41 Å². The third-order valence-corrected chi connectivity index (χ3v) is 6.36. The summed E-state index contributed by atoms with van der Waals surface area (Å²) in [6.45, 7) is 2.28. The third-order valence-electron chi connectivity index (χ3n) is 4.65. The van der Waals surface area contributed by atoms with Gasteiger partial charge < -0.3 is 5.73 Å². The predicted octanol–water partition coefficient (Wildman–Crippen LogP) is 4.06. The van der Waals surface area contributed by atoms with Gasteiger partial charge in [-0.3, -0.25) is 4.98 Å². The first-order valence-corrected chi connectivity index (χ1v) is 9.34. The molecule has 0 spiro atoms. The van der Waals surface area contributed by atoms with E-state index < -0.39 is 0 Å². The minimum atomic E-state index is -0.0835. The third kappa shape index (κ3) is 2.71. The molecule has 3 aromatic heterocycles. The second-order valence-corrected chi connectivity index (χ2v) is 8.62. The zero-order valence-electron chi connectivity index (χ0n) is 13.1. The Hall–Kier alpha value is -1.86. The zero-order valence-corrected chi connectivity index (χ0v) is 15.5. The Morgan fingerprint density at radius 3 is 2.38 bits per heavy atom. The van der Waals surface area contributed by atoms with E-state index in [1.807, 2.05) is 18.5 Å². The van der Waals surface area contributed by atoms with Crippen molar-refractivity contribution in [1.82, 2.24) is 19.9 Å². The summed E-state index contributed by atoms with van der Waals surface area (Å²) in [5.74, 6) is 0.897. The molecular formula is C17H16BrN5S. The first kappa shape index (κ1) is 15.7. The summed E-state index contributed by atoms with van der Waals surface area (Å²) in [4.78, 5) is 17.3. The van der Waals surface area contributed by atoms with Crippen LogP contribution in [0.25, 0.3) is 11.3 Å². The number of thiazole rings is 1. The van der Waals surface area contributed by atoms with Gasteiger partial charge in [-0.25, -0.2) is 15.0 Å². The van der Waals surface area contributed by atoms with Gasteiger partial charge in [0.15, 0.2) is 0 Å². The highest BCUT2D eigenvalue weighted by Gasteiger charge is 2.46. The molecule has 1 fully saturated rings. The lowest BCUT2D eigenvalue weighted by Crippen LogP contribution is -2.26. The van der Waals surface area contributed by atoms with Crippen LogP contribution in [0.15, 0.2) is 40.7 Å². The smallest absolute Gasteiger partial charge is 0.219 e. The highest BCUT2D eigenvalue weighted by atomic mass is 79.9. The van der Waals surface area contributed by atoms with Crippen LogP contribution in [-0.4, -0.2) is 19.9 Å². The maximum absolute atomic E-state index is 5.54. The number of pyridine rings is 1. The number of nitrogens with two attached hydrogens (primary N) is 1. The van der Waals surface area contributed by atoms with E-state index in [2.05, 4.69) is 48.9 Å². The first-order chi connectivity index (χ1) is 11.6. The molecule has 1 saturated carbocycles. The second kappa shape index (κ2) is 5.89. The van der Waals surface area contributed by atoms with Crippen molar-refractivity contribution in [3.8, 4) is 11.3 Å². The van der Waals surface area contributed by atoms with Crippen LogP contribution in [0.5, 0.6) is 0 Å². The SMILES string of the molecule is CC(c1ccc(-c2cnc(N)nc2)nc1)(c1ncc(Br)s1)C1CC1. The van der Waals surface area contributed by atoms with E-state index in [9.17, 15) is 0 Å². The van der Waals surface area contributed by atoms with Crippen molar-refractivity contribution in [3.05, 3.63) is 51.3 Å². The van der Waals surface area contributed by atoms with Gasteiger partial charge in [0.25, 0.3) is 0 Å². The quantitative estimate of drug-likeness (QED) is 0.712. The fourth-order valence-electron chi connectivity index (χ4n) is 3.03. The summed E-state index contributed by atoms with van der Waals surface area (Å²) < 4.78 is 1.06. The molecule has 0 amide bonds. The topological polar surface area (TPSA) is 77.6 Å². The van der Waals surface area contributed by atoms with E-state index in [0.29, 0.717) is 5.92 Å². The average Bonchev–Trinajstić information content (AvgIpc) is 3.37. The van der Waals surface area contributed by atoms with Crippen LogP contribution in [0.3, 0.4) is 0 Å². The van der Waals surface area contributed by atoms with Crippen molar-refractivity contribution in [1.29, 1.82) is 0 Å². The van der Waals surface area contributed by atoms with E-state index in [1.54, 1.807) is 23.7 Å². The number of nitrogens with zero attached hydrogens (tertiary/aromatic N) is 4. The van der Waals surface area contributed by atoms with E-state index in [4.69, 9.17) is 5.73 Å². The molecule has 0 radical (unpaired) electrons. The number of hydrogen-bond donors (Lipinski definition) is 1. The van der Waals surface area contributed by atoms with Crippen LogP contribution in [0.1, 0.15) is 30.3 Å². The van der Waals surface area contributed by atoms with Crippen molar-refractivity contribution in [2.24, 2.45) is 5.92 Å². The van der Waals surface area contributed by atoms with Crippen LogP contribution in [0.2, 0.25) is 0 Å². The summed E-state index contributed by atoms with van der Waals surface area (Å²) in [6.07, 6.45) is 9.71. The van der Waals surface area contributed by atoms with Gasteiger partial charge in [-0.15, -0.1) is 11.3 Å². The molecule has 0 bridgehead atoms. The van der Waals surface area contributed by atoms with Crippen molar-refractivity contribution >= 4 is 33.2 Å². The Morgan fingerprint density at radius 1 is 1.08 bits per heavy atom. The molecule has 1 unspecified atom stereocenters. The molecule has 1 atom stereocenters. The van der Waals surface area contributed by atoms with E-state index in [0.717, 1.165) is 20.1 Å². The summed E-state index contributed by atoms with van der Waals surface area (Å²) in [6, 6.07) is 4.17. The van der Waals surface area contributed by atoms with Crippen molar-refractivity contribution in [2.75, 3.05) is 5.73 Å². The molecule has 7 heteroatoms. The van der Waals surface area contributed by atoms with Gasteiger partial charge in [0.1, 0.15) is 5.01 Å². The first-order valence-electron chi connectivity index (χ1n) is 7.73. The van der Waals surface area contributed by atoms with Crippen LogP contribution in [0, 0.1) is 5.92 Å². The number of aromatic nitrogens is 4. The molecule has 1 aliphatic rings. The molecule has 3 aromatic rings. The van der Waals surface area contributed by atoms with Crippen molar-refractivity contribution in [2.45, 2.75) is 25.2 Å². The Bertz CT molecular complexity index is 857. The van der Waals surface area contributed by atoms with Crippen molar-refractivity contribution in [3.63, 3.8) is 0 Å². The van der Waals surface area contributed by atoms with Gasteiger partial charge in [-0.1, -0.05) is 6.07 Å². The molecule has 4 rings (SSSR count). The zero-order chi connectivity index (χ0) is 16.7. The lowest BCUT2D eigenvalue weighted by Gasteiger charge is -2.28. The highest BCUT2D eigenvalue weighted by molar-refractivity contribution is 9.11. The number of rotatable bonds is 4. The molecule has 0 aromatic carbocycles. The van der Waals surface area contributed by atoms with Crippen LogP contribution >= 0.6 is 27.3 Å². The summed E-state index contributed by atoms with van der Waals surface area (Å²) in [7, 11) is 0. The van der Waals surface area contributed by atoms with Gasteiger partial charge in [-0.05, 0) is 53.2 Å². The van der Waals surface area contributed by atoms with Crippen LogP contribution in [0.4, 0.5) is 5.95 Å². The molecule has 5 nitrogen and oxygen atoms in total. The number of halogens is 1. The second-order valence-electron chi connectivity index (χ2n) is 6.21. The number of hydrogen-bond acceptors (Lipinski definition) is 6. The van der Waals surface area contributed by atoms with E-state index >= 15 is 0 Å². The van der Waals surface area contributed by atoms with Gasteiger partial charge >= 0.3 is 0 Å². The molecular weight excluding hydrogens is 386 g/mol. The normalized spacial score (nSPS) is 16.8. The minimum Gasteiger partial charge on any atom is -0.368 e. The Balaban J connectivity index is 1.71. The maximum atomic E-state index is 5.54. The fraction of sp³-hybridized carbons (Fsp3) is 0.294. The molecule has 0 saturated heterocycles. The number of nitrogen functional groups attached to an aromatic ring is 1. The Morgan fingerprint density at radius 2 is 1.83 bits per heavy atom. The Kier molecular flexibility index (Phi) is 3.85. The lowest BCUT2D eigenvalue weighted by atomic mass is 9.79. The van der Waals surface area contributed by atoms with Gasteiger partial charge in [0.2, 0.25) is 5.95 Å². The van der Waals surface area contributed by atoms with E-state index in [-0.39, 0.29) is 11.4 Å². The molecule has 24 heavy (non-hydrogen) atoms. The summed E-state index contributed by atoms with van der Waals surface area (Å²) >= 11 is 5.23. The predicted molar refractivity (Wildman–Crippen MR) is 98.7 cm³/mol. The standard InChI is InChI=1S/C17H16BrN5S/c1-17(11-2-3-11,15-21-9-14(18)24-15)12-4-5-13(20-8-12)10-6-22-16(19)23-7-10/h4-9,11H,2-3H2,1H3,(H2,19,22,23). The van der Waals surface area contributed by atoms with E-state index in [1.165, 1.54) is 18.4 Å². The minimum absolute atomic E-state index is 0.0835. The molecule has 1 aliphatic carbocycles. The summed E-state index contributed by atoms with van der Waals surface area (Å²) in [5, 5.41) is 1.14. The maximum Gasteiger partial charge on any atom is 0.219 e. The molecule has 2 N–H and O–H groups in total. The summed E-state index contributed by atoms with van der Waals surface area (Å²) in [5.41, 5.74) is 8.36. The molecule has 0 aliphatic heterocycles. The monoisotopic (exact) mass is 401 g/mol. The molecule has 122 valence electrons. The average molecular weight is 402 g/mol. The largest absolute Gasteiger partial charge is 0.368 e. The van der Waals surface area contributed by atoms with Gasteiger partial charge in [0.05, 0.1) is 15.7 Å².